The van der Waals surface area contributed by atoms with E-state index in [-0.39, 0.29) is 114 Å². The molecule has 4 aromatic rings. The molecule has 7 N–H and O–H groups in total. The van der Waals surface area contributed by atoms with Gasteiger partial charge in [-0.15, -0.1) is 0 Å². The van der Waals surface area contributed by atoms with E-state index in [0.29, 0.717) is 0 Å². The Morgan fingerprint density at radius 1 is 0.300 bits per heavy atom. The maximum Gasteiger partial charge on any atom is 0.182 e. The fourth-order valence-corrected chi connectivity index (χ4v) is 7.03. The van der Waals surface area contributed by atoms with E-state index in [4.69, 9.17) is 230 Å². The average molecular weight is 1330 g/mol. The van der Waals surface area contributed by atoms with Crippen molar-refractivity contribution in [1.29, 1.82) is 0 Å². The Hall–Kier alpha value is 0.580. The van der Waals surface area contributed by atoms with Gasteiger partial charge in [-0.3, -0.25) is 0 Å². The molecule has 60 heavy (non-hydrogen) atoms. The van der Waals surface area contributed by atoms with Gasteiger partial charge < -0.3 is 50.0 Å². The normalized spacial score (nSPS) is 12.4. The summed E-state index contributed by atoms with van der Waals surface area (Å²) in [6, 6.07) is 0. The Morgan fingerprint density at radius 2 is 0.467 bits per heavy atom. The summed E-state index contributed by atoms with van der Waals surface area (Å²) in [7, 11) is 1.33. The Kier molecular flexibility index (Phi) is 29.6. The molecule has 27 heteroatoms. The molecule has 4 aromatic carbocycles. The summed E-state index contributed by atoms with van der Waals surface area (Å²) >= 11 is 88.8. The number of hydrogen-bond acceptors (Lipinski definition) is 10. The summed E-state index contributed by atoms with van der Waals surface area (Å²) in [6.07, 6.45) is 5.11. The molecule has 2 fully saturated rings. The molecular formula is C33H26Cl16O10Ta. The summed E-state index contributed by atoms with van der Waals surface area (Å²) in [5.74, 6) is -3.74. The quantitative estimate of drug-likeness (QED) is 0.0553. The van der Waals surface area contributed by atoms with E-state index in [9.17, 15) is 5.11 Å². The number of rotatable bonds is 1. The molecule has 0 aromatic heterocycles. The second-order valence-electron chi connectivity index (χ2n) is 10.6. The Balaban J connectivity index is 0.000000713. The smallest absolute Gasteiger partial charge is 0.182 e. The number of aromatic hydroxyl groups is 7. The first kappa shape index (κ1) is 60.6. The molecule has 2 heterocycles. The summed E-state index contributed by atoms with van der Waals surface area (Å²) in [6.45, 7) is 4.00. The van der Waals surface area contributed by atoms with E-state index >= 15 is 0 Å². The fraction of sp³-hybridized carbons (Fsp3) is 0.273. The first-order valence-electron chi connectivity index (χ1n) is 15.4. The van der Waals surface area contributed by atoms with Gasteiger partial charge in [0, 0.05) is 48.8 Å². The molecule has 0 unspecified atom stereocenters. The minimum absolute atomic E-state index is 0. The Labute approximate surface area is 438 Å². The number of phenols is 7. The second kappa shape index (κ2) is 29.3. The minimum atomic E-state index is -0.573. The summed E-state index contributed by atoms with van der Waals surface area (Å²) in [4.78, 5) is 0. The van der Waals surface area contributed by atoms with Crippen LogP contribution in [0, 0.1) is 0 Å². The molecule has 1 radical (unpaired) electrons. The molecule has 2 aliphatic rings. The first-order chi connectivity index (χ1) is 27.4. The molecular weight excluding hydrogens is 1300 g/mol. The number of ether oxygens (including phenoxy) is 3. The van der Waals surface area contributed by atoms with Crippen molar-refractivity contribution in [3.05, 3.63) is 80.4 Å². The van der Waals surface area contributed by atoms with Crippen LogP contribution in [0.15, 0.2) is 0 Å². The topological polar surface area (TPSA) is 169 Å². The molecule has 0 bridgehead atoms. The molecule has 2 saturated heterocycles. The van der Waals surface area contributed by atoms with Gasteiger partial charge in [0.05, 0.1) is 47.3 Å². The number of phenolic OH excluding ortho intramolecular Hbond substituents is 7. The monoisotopic (exact) mass is 1320 g/mol. The van der Waals surface area contributed by atoms with Crippen LogP contribution >= 0.6 is 186 Å². The molecule has 0 aliphatic carbocycles. The summed E-state index contributed by atoms with van der Waals surface area (Å²) in [5.41, 5.74) is 0. The van der Waals surface area contributed by atoms with Gasteiger partial charge in [-0.05, 0) is 25.7 Å². The van der Waals surface area contributed by atoms with Gasteiger partial charge in [0.25, 0.3) is 0 Å². The molecule has 0 atom stereocenters. The molecule has 2 aliphatic heterocycles. The molecule has 335 valence electrons. The van der Waals surface area contributed by atoms with E-state index in [1.54, 1.807) is 0 Å². The number of halogens is 16. The van der Waals surface area contributed by atoms with Crippen LogP contribution in [0.25, 0.3) is 0 Å². The van der Waals surface area contributed by atoms with Crippen LogP contribution < -0.4 is 4.74 Å². The van der Waals surface area contributed by atoms with Crippen LogP contribution in [-0.2, 0) is 31.9 Å². The minimum Gasteiger partial charge on any atom is -0.503 e. The van der Waals surface area contributed by atoms with Gasteiger partial charge in [0.2, 0.25) is 0 Å². The van der Waals surface area contributed by atoms with Crippen LogP contribution in [0.5, 0.6) is 46.0 Å². The maximum absolute atomic E-state index is 9.40. The van der Waals surface area contributed by atoms with Crippen molar-refractivity contribution in [3.63, 3.8) is 0 Å². The van der Waals surface area contributed by atoms with Crippen LogP contribution in [0.3, 0.4) is 0 Å². The van der Waals surface area contributed by atoms with Gasteiger partial charge in [0.1, 0.15) is 40.2 Å². The third-order valence-corrected chi connectivity index (χ3v) is 13.8. The average Bonchev–Trinajstić information content (AvgIpc) is 4.03. The Morgan fingerprint density at radius 3 is 0.617 bits per heavy atom. The van der Waals surface area contributed by atoms with E-state index in [2.05, 4.69) is 0 Å². The van der Waals surface area contributed by atoms with Crippen molar-refractivity contribution >= 4 is 186 Å². The molecule has 0 saturated carbocycles. The van der Waals surface area contributed by atoms with Crippen LogP contribution in [0.2, 0.25) is 80.4 Å². The largest absolute Gasteiger partial charge is 0.503 e. The third kappa shape index (κ3) is 16.5. The van der Waals surface area contributed by atoms with Gasteiger partial charge in [0.15, 0.2) is 46.0 Å². The molecule has 0 spiro atoms. The first-order valence-corrected chi connectivity index (χ1v) is 21.4. The number of hydrogen-bond donors (Lipinski definition) is 7. The zero-order valence-corrected chi connectivity index (χ0v) is 44.8. The van der Waals surface area contributed by atoms with Gasteiger partial charge >= 0.3 is 0 Å². The third-order valence-electron chi connectivity index (χ3n) is 6.71. The fourth-order valence-electron chi connectivity index (χ4n) is 3.63. The van der Waals surface area contributed by atoms with E-state index in [1.807, 2.05) is 0 Å². The van der Waals surface area contributed by atoms with Gasteiger partial charge in [-0.1, -0.05) is 186 Å². The second-order valence-corrected chi connectivity index (χ2v) is 16.7. The van der Waals surface area contributed by atoms with Crippen molar-refractivity contribution in [2.45, 2.75) is 25.7 Å². The van der Waals surface area contributed by atoms with Gasteiger partial charge in [-0.25, -0.2) is 0 Å². The number of benzene rings is 4. The summed E-state index contributed by atoms with van der Waals surface area (Å²) < 4.78 is 14.7. The Bertz CT molecular complexity index is 1560. The van der Waals surface area contributed by atoms with Crippen molar-refractivity contribution in [1.82, 2.24) is 0 Å². The van der Waals surface area contributed by atoms with Crippen molar-refractivity contribution in [3.8, 4) is 46.0 Å². The van der Waals surface area contributed by atoms with Crippen LogP contribution in [0.1, 0.15) is 25.7 Å². The predicted molar refractivity (Wildman–Crippen MR) is 244 cm³/mol. The van der Waals surface area contributed by atoms with E-state index < -0.39 is 34.5 Å². The standard InChI is InChI=1S/C7H4Cl4O2.3C6H2Cl4O2.2C4H8O.Ta/c1-13-7-5(11)3(9)2(8)4(10)6(7)12;3*7-1-2(8)4(10)6(12)5(11)3(1)9;2*1-2-4-5-3-1;/h12H,1H3;3*11-12H;2*1-4H2;. The maximum atomic E-state index is 9.40. The van der Waals surface area contributed by atoms with Crippen LogP contribution in [-0.4, -0.2) is 69.3 Å². The number of methoxy groups -OCH3 is 1. The molecule has 6 rings (SSSR count). The molecule has 0 amide bonds. The van der Waals surface area contributed by atoms with Crippen molar-refractivity contribution in [2.75, 3.05) is 33.5 Å². The van der Waals surface area contributed by atoms with E-state index in [0.717, 1.165) is 26.4 Å². The summed E-state index contributed by atoms with van der Waals surface area (Å²) in [5, 5.41) is 62.1. The SMILES string of the molecule is C1CCOC1.C1CCOC1.COc1c(O)c(Cl)c(Cl)c(Cl)c1Cl.Oc1c(O)c(Cl)c(Cl)c(Cl)c1Cl.Oc1c(O)c(Cl)c(Cl)c(Cl)c1Cl.Oc1c(O)c(Cl)c(Cl)c(Cl)c1Cl.[Ta]. The van der Waals surface area contributed by atoms with Gasteiger partial charge in [-0.2, -0.15) is 0 Å². The molecule has 10 nitrogen and oxygen atoms in total. The van der Waals surface area contributed by atoms with Crippen molar-refractivity contribution < 1.29 is 72.3 Å². The van der Waals surface area contributed by atoms with Crippen LogP contribution in [0.4, 0.5) is 0 Å². The van der Waals surface area contributed by atoms with Crippen molar-refractivity contribution in [2.24, 2.45) is 0 Å². The zero-order valence-electron chi connectivity index (χ0n) is 29.5. The zero-order chi connectivity index (χ0) is 45.6. The predicted octanol–water partition coefficient (Wildman–Crippen LogP) is 16.7. The van der Waals surface area contributed by atoms with E-state index in [1.165, 1.54) is 32.8 Å².